The molecule has 0 aromatic carbocycles. The number of nitrogens with zero attached hydrogens (tertiary/aromatic N) is 2. The summed E-state index contributed by atoms with van der Waals surface area (Å²) in [4.78, 5) is 8.07. The van der Waals surface area contributed by atoms with Gasteiger partial charge in [0.05, 0.1) is 0 Å². The maximum absolute atomic E-state index is 5.79. The lowest BCUT2D eigenvalue weighted by molar-refractivity contribution is -0.0864. The molecule has 4 nitrogen and oxygen atoms in total. The quantitative estimate of drug-likeness (QED) is 0.633. The van der Waals surface area contributed by atoms with Gasteiger partial charge in [0, 0.05) is 26.0 Å². The summed E-state index contributed by atoms with van der Waals surface area (Å²) >= 11 is 11.6. The maximum Gasteiger partial charge on any atom is 0.249 e. The first-order valence-corrected chi connectivity index (χ1v) is 6.33. The molecule has 0 saturated heterocycles. The summed E-state index contributed by atoms with van der Waals surface area (Å²) < 4.78 is 11.3. The predicted octanol–water partition coefficient (Wildman–Crippen LogP) is 3.98. The van der Waals surface area contributed by atoms with E-state index in [-0.39, 0.29) is 0 Å². The number of hydrogen-bond donors (Lipinski definition) is 0. The van der Waals surface area contributed by atoms with E-state index in [2.05, 4.69) is 9.97 Å². The molecular weight excluding hydrogens is 287 g/mol. The van der Waals surface area contributed by atoms with E-state index in [9.17, 15) is 0 Å². The van der Waals surface area contributed by atoms with Gasteiger partial charge in [-0.2, -0.15) is 0 Å². The standard InChI is InChI=1S/C13H12Cl2N2O2/c1-13(2,18-11-7-3-5-9(14)16-11)19-12-8-4-6-10(15)17-12/h3-8H,1-2H3. The third-order valence-electron chi connectivity index (χ3n) is 2.08. The summed E-state index contributed by atoms with van der Waals surface area (Å²) in [5.41, 5.74) is 0. The van der Waals surface area contributed by atoms with E-state index in [4.69, 9.17) is 32.7 Å². The van der Waals surface area contributed by atoms with Gasteiger partial charge < -0.3 is 9.47 Å². The van der Waals surface area contributed by atoms with Crippen LogP contribution in [-0.4, -0.2) is 15.8 Å². The molecule has 0 aliphatic rings. The zero-order chi connectivity index (χ0) is 13.9. The molecule has 0 spiro atoms. The van der Waals surface area contributed by atoms with Crippen molar-refractivity contribution < 1.29 is 9.47 Å². The van der Waals surface area contributed by atoms with E-state index >= 15 is 0 Å². The van der Waals surface area contributed by atoms with E-state index in [1.807, 2.05) is 0 Å². The van der Waals surface area contributed by atoms with Crippen molar-refractivity contribution in [3.05, 3.63) is 46.7 Å². The molecule has 100 valence electrons. The van der Waals surface area contributed by atoms with Gasteiger partial charge in [0.25, 0.3) is 0 Å². The Morgan fingerprint density at radius 1 is 0.842 bits per heavy atom. The number of halogens is 2. The summed E-state index contributed by atoms with van der Waals surface area (Å²) in [5.74, 6) is -0.200. The molecule has 19 heavy (non-hydrogen) atoms. The second-order valence-electron chi connectivity index (χ2n) is 4.20. The number of rotatable bonds is 4. The SMILES string of the molecule is CC(C)(Oc1cccc(Cl)n1)Oc1cccc(Cl)n1. The molecule has 0 atom stereocenters. The van der Waals surface area contributed by atoms with Crippen LogP contribution in [0.25, 0.3) is 0 Å². The fraction of sp³-hybridized carbons (Fsp3) is 0.231. The van der Waals surface area contributed by atoms with Crippen LogP contribution >= 0.6 is 23.2 Å². The fourth-order valence-corrected chi connectivity index (χ4v) is 1.73. The van der Waals surface area contributed by atoms with Gasteiger partial charge in [0.15, 0.2) is 0 Å². The summed E-state index contributed by atoms with van der Waals surface area (Å²) in [6.07, 6.45) is 0. The first kappa shape index (κ1) is 13.9. The lowest BCUT2D eigenvalue weighted by Gasteiger charge is -2.26. The van der Waals surface area contributed by atoms with Crippen LogP contribution in [0.4, 0.5) is 0 Å². The average molecular weight is 299 g/mol. The van der Waals surface area contributed by atoms with Crippen molar-refractivity contribution >= 4 is 23.2 Å². The van der Waals surface area contributed by atoms with E-state index in [1.165, 1.54) is 0 Å². The molecule has 0 unspecified atom stereocenters. The fourth-order valence-electron chi connectivity index (χ4n) is 1.42. The number of pyridine rings is 2. The average Bonchev–Trinajstić information content (AvgIpc) is 2.27. The molecule has 0 bridgehead atoms. The number of hydrogen-bond acceptors (Lipinski definition) is 4. The number of aromatic nitrogens is 2. The van der Waals surface area contributed by atoms with Crippen LogP contribution in [0.15, 0.2) is 36.4 Å². The Morgan fingerprint density at radius 3 is 1.63 bits per heavy atom. The van der Waals surface area contributed by atoms with E-state index in [1.54, 1.807) is 50.2 Å². The molecule has 0 N–H and O–H groups in total. The topological polar surface area (TPSA) is 44.2 Å². The smallest absolute Gasteiger partial charge is 0.249 e. The van der Waals surface area contributed by atoms with Crippen molar-refractivity contribution in [2.75, 3.05) is 0 Å². The van der Waals surface area contributed by atoms with E-state index in [0.717, 1.165) is 0 Å². The van der Waals surface area contributed by atoms with Crippen molar-refractivity contribution in [2.24, 2.45) is 0 Å². The Balaban J connectivity index is 2.10. The lowest BCUT2D eigenvalue weighted by Crippen LogP contribution is -2.35. The van der Waals surface area contributed by atoms with Crippen LogP contribution in [0.2, 0.25) is 10.3 Å². The minimum absolute atomic E-state index is 0.356. The second kappa shape index (κ2) is 5.63. The van der Waals surface area contributed by atoms with Crippen LogP contribution < -0.4 is 9.47 Å². The van der Waals surface area contributed by atoms with Crippen LogP contribution in [0, 0.1) is 0 Å². The van der Waals surface area contributed by atoms with Gasteiger partial charge in [-0.05, 0) is 12.1 Å². The maximum atomic E-state index is 5.79. The molecule has 2 heterocycles. The van der Waals surface area contributed by atoms with Gasteiger partial charge in [-0.25, -0.2) is 9.97 Å². The molecule has 0 saturated carbocycles. The highest BCUT2D eigenvalue weighted by molar-refractivity contribution is 6.29. The van der Waals surface area contributed by atoms with Crippen LogP contribution in [0.3, 0.4) is 0 Å². The van der Waals surface area contributed by atoms with E-state index < -0.39 is 5.79 Å². The summed E-state index contributed by atoms with van der Waals surface area (Å²) in [6, 6.07) is 10.2. The second-order valence-corrected chi connectivity index (χ2v) is 4.98. The summed E-state index contributed by atoms with van der Waals surface area (Å²) in [6.45, 7) is 3.50. The van der Waals surface area contributed by atoms with E-state index in [0.29, 0.717) is 22.1 Å². The van der Waals surface area contributed by atoms with Crippen molar-refractivity contribution in [1.29, 1.82) is 0 Å². The highest BCUT2D eigenvalue weighted by Gasteiger charge is 2.23. The molecule has 6 heteroatoms. The predicted molar refractivity (Wildman–Crippen MR) is 73.8 cm³/mol. The van der Waals surface area contributed by atoms with Gasteiger partial charge in [-0.3, -0.25) is 0 Å². The summed E-state index contributed by atoms with van der Waals surface area (Å²) in [7, 11) is 0. The normalized spacial score (nSPS) is 11.2. The molecule has 2 rings (SSSR count). The minimum atomic E-state index is -0.949. The molecule has 0 aliphatic carbocycles. The minimum Gasteiger partial charge on any atom is -0.436 e. The van der Waals surface area contributed by atoms with Crippen molar-refractivity contribution in [2.45, 2.75) is 19.6 Å². The highest BCUT2D eigenvalue weighted by Crippen LogP contribution is 2.22. The van der Waals surface area contributed by atoms with Crippen LogP contribution in [-0.2, 0) is 0 Å². The van der Waals surface area contributed by atoms with Gasteiger partial charge in [0.2, 0.25) is 17.5 Å². The van der Waals surface area contributed by atoms with Gasteiger partial charge in [0.1, 0.15) is 10.3 Å². The van der Waals surface area contributed by atoms with Crippen molar-refractivity contribution in [1.82, 2.24) is 9.97 Å². The Hall–Kier alpha value is -1.52. The van der Waals surface area contributed by atoms with Crippen molar-refractivity contribution in [3.63, 3.8) is 0 Å². The lowest BCUT2D eigenvalue weighted by atomic mass is 10.3. The van der Waals surface area contributed by atoms with Crippen molar-refractivity contribution in [3.8, 4) is 11.8 Å². The number of ether oxygens (including phenoxy) is 2. The molecule has 0 amide bonds. The Bertz CT molecular complexity index is 527. The van der Waals surface area contributed by atoms with Crippen LogP contribution in [0.5, 0.6) is 11.8 Å². The largest absolute Gasteiger partial charge is 0.436 e. The van der Waals surface area contributed by atoms with Crippen LogP contribution in [0.1, 0.15) is 13.8 Å². The molecular formula is C13H12Cl2N2O2. The highest BCUT2D eigenvalue weighted by atomic mass is 35.5. The Morgan fingerprint density at radius 2 is 1.26 bits per heavy atom. The molecule has 0 aliphatic heterocycles. The monoisotopic (exact) mass is 298 g/mol. The van der Waals surface area contributed by atoms with Gasteiger partial charge in [-0.1, -0.05) is 35.3 Å². The zero-order valence-electron chi connectivity index (χ0n) is 10.4. The van der Waals surface area contributed by atoms with Gasteiger partial charge >= 0.3 is 0 Å². The summed E-state index contributed by atoms with van der Waals surface area (Å²) in [5, 5.41) is 0.711. The third kappa shape index (κ3) is 4.26. The molecule has 2 aromatic heterocycles. The first-order chi connectivity index (χ1) is 8.94. The zero-order valence-corrected chi connectivity index (χ0v) is 11.9. The first-order valence-electron chi connectivity index (χ1n) is 5.58. The van der Waals surface area contributed by atoms with Gasteiger partial charge in [-0.15, -0.1) is 0 Å². The Kier molecular flexibility index (Phi) is 4.12. The molecule has 0 radical (unpaired) electrons. The molecule has 2 aromatic rings. The Labute approximate surface area is 121 Å². The third-order valence-corrected chi connectivity index (χ3v) is 2.50. The molecule has 0 fully saturated rings.